The molecule has 0 aliphatic carbocycles. The Bertz CT molecular complexity index is 994. The summed E-state index contributed by atoms with van der Waals surface area (Å²) in [6.07, 6.45) is -4.80. The number of anilines is 2. The number of carbonyl (C=O) groups is 2. The molecule has 6 nitrogen and oxygen atoms in total. The zero-order valence-corrected chi connectivity index (χ0v) is 13.9. The standard InChI is InChI=1S/C18H13F3N2O4/c1-10(24)22-15-13-4-2-3-5-14(13)26-16(15)17(25)23-11-6-8-12(9-7-11)27-18(19,20)21/h2-9H,1H3,(H,22,24)(H,23,25). The molecule has 0 saturated heterocycles. The molecule has 0 aliphatic rings. The van der Waals surface area contributed by atoms with Crippen molar-refractivity contribution in [3.8, 4) is 5.75 Å². The first-order chi connectivity index (χ1) is 12.7. The molecule has 0 spiro atoms. The van der Waals surface area contributed by atoms with Gasteiger partial charge in [-0.15, -0.1) is 13.2 Å². The molecule has 0 bridgehead atoms. The van der Waals surface area contributed by atoms with Crippen LogP contribution in [0.5, 0.6) is 5.75 Å². The highest BCUT2D eigenvalue weighted by Crippen LogP contribution is 2.31. The van der Waals surface area contributed by atoms with Gasteiger partial charge in [0.15, 0.2) is 0 Å². The van der Waals surface area contributed by atoms with Crippen molar-refractivity contribution in [1.82, 2.24) is 0 Å². The van der Waals surface area contributed by atoms with Gasteiger partial charge in [-0.1, -0.05) is 12.1 Å². The van der Waals surface area contributed by atoms with Crippen molar-refractivity contribution in [2.24, 2.45) is 0 Å². The number of hydrogen-bond donors (Lipinski definition) is 2. The van der Waals surface area contributed by atoms with E-state index in [4.69, 9.17) is 4.42 Å². The Morgan fingerprint density at radius 3 is 2.30 bits per heavy atom. The molecule has 0 unspecified atom stereocenters. The summed E-state index contributed by atoms with van der Waals surface area (Å²) in [5.41, 5.74) is 0.844. The average molecular weight is 378 g/mol. The van der Waals surface area contributed by atoms with Gasteiger partial charge in [0.1, 0.15) is 17.0 Å². The third-order valence-corrected chi connectivity index (χ3v) is 3.45. The maximum Gasteiger partial charge on any atom is 0.573 e. The number of para-hydroxylation sites is 1. The predicted octanol–water partition coefficient (Wildman–Crippen LogP) is 4.54. The zero-order chi connectivity index (χ0) is 19.6. The Morgan fingerprint density at radius 1 is 1.00 bits per heavy atom. The van der Waals surface area contributed by atoms with Crippen molar-refractivity contribution in [3.63, 3.8) is 0 Å². The molecule has 140 valence electrons. The summed E-state index contributed by atoms with van der Waals surface area (Å²) in [4.78, 5) is 24.0. The number of alkyl halides is 3. The summed E-state index contributed by atoms with van der Waals surface area (Å²) in [5, 5.41) is 5.61. The maximum absolute atomic E-state index is 12.5. The van der Waals surface area contributed by atoms with Crippen LogP contribution in [0.2, 0.25) is 0 Å². The van der Waals surface area contributed by atoms with Crippen LogP contribution in [0.1, 0.15) is 17.5 Å². The number of ether oxygens (including phenoxy) is 1. The van der Waals surface area contributed by atoms with E-state index >= 15 is 0 Å². The van der Waals surface area contributed by atoms with Crippen LogP contribution in [-0.4, -0.2) is 18.2 Å². The summed E-state index contributed by atoms with van der Waals surface area (Å²) >= 11 is 0. The van der Waals surface area contributed by atoms with Gasteiger partial charge in [-0.05, 0) is 36.4 Å². The predicted molar refractivity (Wildman–Crippen MR) is 91.6 cm³/mol. The molecule has 1 aromatic heterocycles. The van der Waals surface area contributed by atoms with Gasteiger partial charge < -0.3 is 19.8 Å². The van der Waals surface area contributed by atoms with E-state index in [0.717, 1.165) is 12.1 Å². The molecule has 3 aromatic rings. The van der Waals surface area contributed by atoms with Gasteiger partial charge in [0, 0.05) is 18.0 Å². The second-order valence-electron chi connectivity index (χ2n) is 5.51. The zero-order valence-electron chi connectivity index (χ0n) is 13.9. The second-order valence-corrected chi connectivity index (χ2v) is 5.51. The molecule has 0 saturated carbocycles. The van der Waals surface area contributed by atoms with Crippen LogP contribution < -0.4 is 15.4 Å². The number of amides is 2. The Kier molecular flexibility index (Phi) is 4.76. The molecular weight excluding hydrogens is 365 g/mol. The second kappa shape index (κ2) is 7.02. The first-order valence-electron chi connectivity index (χ1n) is 7.69. The highest BCUT2D eigenvalue weighted by Gasteiger charge is 2.31. The summed E-state index contributed by atoms with van der Waals surface area (Å²) in [6, 6.07) is 11.4. The molecule has 0 atom stereocenters. The van der Waals surface area contributed by atoms with Crippen molar-refractivity contribution in [2.75, 3.05) is 10.6 Å². The fraction of sp³-hybridized carbons (Fsp3) is 0.111. The van der Waals surface area contributed by atoms with Crippen LogP contribution in [0.3, 0.4) is 0 Å². The van der Waals surface area contributed by atoms with Gasteiger partial charge in [0.05, 0.1) is 0 Å². The topological polar surface area (TPSA) is 80.6 Å². The molecule has 1 heterocycles. The minimum atomic E-state index is -4.80. The number of furan rings is 1. The molecule has 0 radical (unpaired) electrons. The highest BCUT2D eigenvalue weighted by atomic mass is 19.4. The van der Waals surface area contributed by atoms with Gasteiger partial charge in [-0.3, -0.25) is 9.59 Å². The van der Waals surface area contributed by atoms with E-state index in [1.807, 2.05) is 0 Å². The molecule has 0 fully saturated rings. The van der Waals surface area contributed by atoms with Gasteiger partial charge >= 0.3 is 6.36 Å². The van der Waals surface area contributed by atoms with Crippen molar-refractivity contribution in [3.05, 3.63) is 54.3 Å². The van der Waals surface area contributed by atoms with Gasteiger partial charge in [0.2, 0.25) is 11.7 Å². The molecule has 2 aromatic carbocycles. The number of rotatable bonds is 4. The van der Waals surface area contributed by atoms with Crippen LogP contribution in [0.4, 0.5) is 24.5 Å². The smallest absolute Gasteiger partial charge is 0.449 e. The van der Waals surface area contributed by atoms with Crippen molar-refractivity contribution < 1.29 is 31.9 Å². The Hall–Kier alpha value is -3.49. The van der Waals surface area contributed by atoms with Gasteiger partial charge in [0.25, 0.3) is 5.91 Å². The average Bonchev–Trinajstić information content (AvgIpc) is 2.94. The van der Waals surface area contributed by atoms with Crippen LogP contribution in [0, 0.1) is 0 Å². The molecule has 0 aliphatic heterocycles. The van der Waals surface area contributed by atoms with E-state index < -0.39 is 18.0 Å². The number of halogens is 3. The normalized spacial score (nSPS) is 11.3. The van der Waals surface area contributed by atoms with Crippen LogP contribution in [0.25, 0.3) is 11.0 Å². The number of hydrogen-bond acceptors (Lipinski definition) is 4. The third-order valence-electron chi connectivity index (χ3n) is 3.45. The summed E-state index contributed by atoms with van der Waals surface area (Å²) < 4.78 is 45.8. The number of carbonyl (C=O) groups excluding carboxylic acids is 2. The minimum absolute atomic E-state index is 0.123. The van der Waals surface area contributed by atoms with E-state index in [-0.39, 0.29) is 23.0 Å². The fourth-order valence-electron chi connectivity index (χ4n) is 2.43. The minimum Gasteiger partial charge on any atom is -0.449 e. The van der Waals surface area contributed by atoms with Gasteiger partial charge in [-0.2, -0.15) is 0 Å². The lowest BCUT2D eigenvalue weighted by Gasteiger charge is -2.10. The Labute approximate surface area is 150 Å². The molecular formula is C18H13F3N2O4. The van der Waals surface area contributed by atoms with E-state index in [0.29, 0.717) is 11.0 Å². The summed E-state index contributed by atoms with van der Waals surface area (Å²) in [7, 11) is 0. The third kappa shape index (κ3) is 4.38. The van der Waals surface area contributed by atoms with Crippen LogP contribution in [-0.2, 0) is 4.79 Å². The highest BCUT2D eigenvalue weighted by molar-refractivity contribution is 6.14. The molecule has 27 heavy (non-hydrogen) atoms. The summed E-state index contributed by atoms with van der Waals surface area (Å²) in [5.74, 6) is -1.59. The van der Waals surface area contributed by atoms with E-state index in [1.165, 1.54) is 19.1 Å². The summed E-state index contributed by atoms with van der Waals surface area (Å²) in [6.45, 7) is 1.29. The van der Waals surface area contributed by atoms with Crippen molar-refractivity contribution in [2.45, 2.75) is 13.3 Å². The van der Waals surface area contributed by atoms with Crippen molar-refractivity contribution in [1.29, 1.82) is 0 Å². The van der Waals surface area contributed by atoms with E-state index in [9.17, 15) is 22.8 Å². The van der Waals surface area contributed by atoms with E-state index in [2.05, 4.69) is 15.4 Å². The Morgan fingerprint density at radius 2 is 1.67 bits per heavy atom. The largest absolute Gasteiger partial charge is 0.573 e. The SMILES string of the molecule is CC(=O)Nc1c(C(=O)Nc2ccc(OC(F)(F)F)cc2)oc2ccccc12. The monoisotopic (exact) mass is 378 g/mol. The first-order valence-corrected chi connectivity index (χ1v) is 7.69. The fourth-order valence-corrected chi connectivity index (χ4v) is 2.43. The number of nitrogens with one attached hydrogen (secondary N) is 2. The first kappa shape index (κ1) is 18.3. The van der Waals surface area contributed by atoms with E-state index in [1.54, 1.807) is 24.3 Å². The lowest BCUT2D eigenvalue weighted by atomic mass is 10.2. The lowest BCUT2D eigenvalue weighted by Crippen LogP contribution is -2.17. The lowest BCUT2D eigenvalue weighted by molar-refractivity contribution is -0.274. The molecule has 9 heteroatoms. The quantitative estimate of drug-likeness (QED) is 0.698. The van der Waals surface area contributed by atoms with Gasteiger partial charge in [-0.25, -0.2) is 0 Å². The molecule has 3 rings (SSSR count). The van der Waals surface area contributed by atoms with Crippen LogP contribution in [0.15, 0.2) is 52.9 Å². The maximum atomic E-state index is 12.5. The number of benzene rings is 2. The Balaban J connectivity index is 1.85. The number of fused-ring (bicyclic) bond motifs is 1. The molecule has 2 N–H and O–H groups in total. The van der Waals surface area contributed by atoms with Crippen molar-refractivity contribution >= 4 is 34.2 Å². The van der Waals surface area contributed by atoms with Crippen LogP contribution >= 0.6 is 0 Å². The molecule has 2 amide bonds.